The molecule has 3 aromatic rings. The summed E-state index contributed by atoms with van der Waals surface area (Å²) in [5.41, 5.74) is 2.19. The van der Waals surface area contributed by atoms with E-state index in [0.29, 0.717) is 18.4 Å². The molecule has 0 radical (unpaired) electrons. The van der Waals surface area contributed by atoms with Crippen LogP contribution in [0.1, 0.15) is 25.5 Å². The fourth-order valence-corrected chi connectivity index (χ4v) is 2.53. The number of hydrogen-bond donors (Lipinski definition) is 2. The summed E-state index contributed by atoms with van der Waals surface area (Å²) < 4.78 is 2.20. The highest BCUT2D eigenvalue weighted by Crippen LogP contribution is 2.25. The molecular weight excluding hydrogens is 264 g/mol. The van der Waals surface area contributed by atoms with E-state index in [9.17, 15) is 4.79 Å². The average molecular weight is 282 g/mol. The van der Waals surface area contributed by atoms with Crippen LogP contribution in [0.2, 0.25) is 0 Å². The Morgan fingerprint density at radius 3 is 2.90 bits per heavy atom. The molecule has 0 unspecified atom stereocenters. The zero-order valence-corrected chi connectivity index (χ0v) is 12.1. The summed E-state index contributed by atoms with van der Waals surface area (Å²) in [6.45, 7) is 4.28. The number of hydrogen-bond acceptors (Lipinski definition) is 2. The third-order valence-corrected chi connectivity index (χ3v) is 3.49. The molecule has 0 bridgehead atoms. The number of aromatic amines is 1. The summed E-state index contributed by atoms with van der Waals surface area (Å²) in [6.07, 6.45) is 5.69. The molecule has 21 heavy (non-hydrogen) atoms. The second-order valence-electron chi connectivity index (χ2n) is 5.34. The average Bonchev–Trinajstić information content (AvgIpc) is 3.07. The smallest absolute Gasteiger partial charge is 0.231 e. The Morgan fingerprint density at radius 1 is 1.38 bits per heavy atom. The van der Waals surface area contributed by atoms with Gasteiger partial charge in [0.15, 0.2) is 0 Å². The lowest BCUT2D eigenvalue weighted by atomic mass is 10.1. The van der Waals surface area contributed by atoms with Crippen molar-refractivity contribution in [3.05, 3.63) is 48.4 Å². The third kappa shape index (κ3) is 2.67. The molecule has 0 fully saturated rings. The molecule has 2 aromatic heterocycles. The molecule has 1 aromatic carbocycles. The van der Waals surface area contributed by atoms with Crippen LogP contribution in [-0.4, -0.2) is 20.4 Å². The number of rotatable bonds is 4. The molecule has 108 valence electrons. The predicted molar refractivity (Wildman–Crippen MR) is 83.2 cm³/mol. The van der Waals surface area contributed by atoms with Gasteiger partial charge in [-0.2, -0.15) is 0 Å². The number of carbonyl (C=O) groups excluding carboxylic acids is 1. The number of carbonyl (C=O) groups is 1. The maximum Gasteiger partial charge on any atom is 0.231 e. The number of aromatic nitrogens is 3. The number of H-pyrrole nitrogens is 1. The minimum absolute atomic E-state index is 0.0726. The van der Waals surface area contributed by atoms with Crippen molar-refractivity contribution in [2.24, 2.45) is 0 Å². The quantitative estimate of drug-likeness (QED) is 0.772. The van der Waals surface area contributed by atoms with E-state index in [1.165, 1.54) is 0 Å². The molecule has 2 N–H and O–H groups in total. The molecule has 3 rings (SSSR count). The van der Waals surface area contributed by atoms with Crippen LogP contribution in [0.15, 0.2) is 42.9 Å². The van der Waals surface area contributed by atoms with E-state index in [0.717, 1.165) is 16.5 Å². The number of fused-ring (bicyclic) bond motifs is 1. The number of imidazole rings is 1. The molecule has 0 atom stereocenters. The van der Waals surface area contributed by atoms with Crippen LogP contribution < -0.4 is 5.32 Å². The van der Waals surface area contributed by atoms with Crippen LogP contribution in [0.3, 0.4) is 0 Å². The molecule has 0 saturated heterocycles. The molecule has 1 amide bonds. The number of benzene rings is 1. The van der Waals surface area contributed by atoms with E-state index in [1.54, 1.807) is 12.4 Å². The van der Waals surface area contributed by atoms with Gasteiger partial charge in [0.1, 0.15) is 0 Å². The van der Waals surface area contributed by atoms with Crippen molar-refractivity contribution in [1.82, 2.24) is 14.5 Å². The fraction of sp³-hybridized carbons (Fsp3) is 0.250. The first-order valence-corrected chi connectivity index (χ1v) is 7.03. The van der Waals surface area contributed by atoms with E-state index in [-0.39, 0.29) is 5.91 Å². The van der Waals surface area contributed by atoms with Gasteiger partial charge in [-0.25, -0.2) is 4.98 Å². The SMILES string of the molecule is CC(C)n1cc(CC(=O)Nc2ncc[nH]2)c2ccccc21. The Bertz CT molecular complexity index is 756. The first-order chi connectivity index (χ1) is 10.1. The zero-order valence-electron chi connectivity index (χ0n) is 12.1. The topological polar surface area (TPSA) is 62.7 Å². The molecular formula is C16H18N4O. The summed E-state index contributed by atoms with van der Waals surface area (Å²) in [5.74, 6) is 0.407. The minimum atomic E-state index is -0.0726. The van der Waals surface area contributed by atoms with Crippen LogP contribution in [0.25, 0.3) is 10.9 Å². The Balaban J connectivity index is 1.88. The molecule has 0 spiro atoms. The normalized spacial score (nSPS) is 11.2. The van der Waals surface area contributed by atoms with E-state index in [2.05, 4.69) is 52.0 Å². The first-order valence-electron chi connectivity index (χ1n) is 7.03. The molecule has 0 aliphatic carbocycles. The second-order valence-corrected chi connectivity index (χ2v) is 5.34. The van der Waals surface area contributed by atoms with Crippen LogP contribution in [0.5, 0.6) is 0 Å². The fourth-order valence-electron chi connectivity index (χ4n) is 2.53. The molecule has 5 nitrogen and oxygen atoms in total. The van der Waals surface area contributed by atoms with Gasteiger partial charge in [0, 0.05) is 35.5 Å². The maximum atomic E-state index is 12.1. The lowest BCUT2D eigenvalue weighted by Gasteiger charge is -2.08. The van der Waals surface area contributed by atoms with E-state index >= 15 is 0 Å². The molecule has 0 aliphatic heterocycles. The van der Waals surface area contributed by atoms with Crippen molar-refractivity contribution in [2.75, 3.05) is 5.32 Å². The number of nitrogens with zero attached hydrogens (tertiary/aromatic N) is 2. The van der Waals surface area contributed by atoms with Crippen molar-refractivity contribution >= 4 is 22.8 Å². The lowest BCUT2D eigenvalue weighted by molar-refractivity contribution is -0.115. The molecule has 2 heterocycles. The van der Waals surface area contributed by atoms with Gasteiger partial charge in [0.2, 0.25) is 11.9 Å². The standard InChI is InChI=1S/C16H18N4O/c1-11(2)20-10-12(13-5-3-4-6-14(13)20)9-15(21)19-16-17-7-8-18-16/h3-8,10-11H,9H2,1-2H3,(H2,17,18,19,21). The summed E-state index contributed by atoms with van der Waals surface area (Å²) >= 11 is 0. The van der Waals surface area contributed by atoms with Crippen molar-refractivity contribution < 1.29 is 4.79 Å². The molecule has 0 aliphatic rings. The first kappa shape index (κ1) is 13.4. The Kier molecular flexibility index (Phi) is 3.48. The zero-order chi connectivity index (χ0) is 14.8. The third-order valence-electron chi connectivity index (χ3n) is 3.49. The monoisotopic (exact) mass is 282 g/mol. The Morgan fingerprint density at radius 2 is 2.19 bits per heavy atom. The maximum absolute atomic E-state index is 12.1. The highest BCUT2D eigenvalue weighted by Gasteiger charge is 2.13. The minimum Gasteiger partial charge on any atom is -0.345 e. The summed E-state index contributed by atoms with van der Waals surface area (Å²) in [6, 6.07) is 8.53. The van der Waals surface area contributed by atoms with Crippen LogP contribution in [0, 0.1) is 0 Å². The summed E-state index contributed by atoms with van der Waals surface area (Å²) in [7, 11) is 0. The van der Waals surface area contributed by atoms with Crippen LogP contribution in [0.4, 0.5) is 5.95 Å². The largest absolute Gasteiger partial charge is 0.345 e. The lowest BCUT2D eigenvalue weighted by Crippen LogP contribution is -2.15. The van der Waals surface area contributed by atoms with Crippen LogP contribution >= 0.6 is 0 Å². The highest BCUT2D eigenvalue weighted by atomic mass is 16.1. The predicted octanol–water partition coefficient (Wildman–Crippen LogP) is 3.13. The van der Waals surface area contributed by atoms with Crippen molar-refractivity contribution in [2.45, 2.75) is 26.3 Å². The van der Waals surface area contributed by atoms with Crippen molar-refractivity contribution in [3.8, 4) is 0 Å². The Labute approximate surface area is 123 Å². The van der Waals surface area contributed by atoms with Gasteiger partial charge >= 0.3 is 0 Å². The van der Waals surface area contributed by atoms with Gasteiger partial charge in [-0.15, -0.1) is 0 Å². The summed E-state index contributed by atoms with van der Waals surface area (Å²) in [5, 5.41) is 3.88. The Hall–Kier alpha value is -2.56. The van der Waals surface area contributed by atoms with Gasteiger partial charge in [0.05, 0.1) is 6.42 Å². The van der Waals surface area contributed by atoms with E-state index in [4.69, 9.17) is 0 Å². The van der Waals surface area contributed by atoms with Gasteiger partial charge < -0.3 is 9.55 Å². The number of nitrogens with one attached hydrogen (secondary N) is 2. The van der Waals surface area contributed by atoms with Gasteiger partial charge in [-0.3, -0.25) is 10.1 Å². The van der Waals surface area contributed by atoms with E-state index < -0.39 is 0 Å². The highest BCUT2D eigenvalue weighted by molar-refractivity contribution is 5.95. The number of amides is 1. The second kappa shape index (κ2) is 5.44. The van der Waals surface area contributed by atoms with Gasteiger partial charge in [-0.05, 0) is 25.5 Å². The molecule has 5 heteroatoms. The van der Waals surface area contributed by atoms with Crippen molar-refractivity contribution in [3.63, 3.8) is 0 Å². The summed E-state index contributed by atoms with van der Waals surface area (Å²) in [4.78, 5) is 19.0. The van der Waals surface area contributed by atoms with Gasteiger partial charge in [-0.1, -0.05) is 18.2 Å². The number of para-hydroxylation sites is 1. The molecule has 0 saturated carbocycles. The van der Waals surface area contributed by atoms with Crippen molar-refractivity contribution in [1.29, 1.82) is 0 Å². The van der Waals surface area contributed by atoms with Crippen LogP contribution in [-0.2, 0) is 11.2 Å². The van der Waals surface area contributed by atoms with Gasteiger partial charge in [0.25, 0.3) is 0 Å². The van der Waals surface area contributed by atoms with E-state index in [1.807, 2.05) is 12.1 Å². The number of anilines is 1.